The number of ether oxygens (including phenoxy) is 1. The first-order valence-corrected chi connectivity index (χ1v) is 34.4. The van der Waals surface area contributed by atoms with E-state index in [1.54, 1.807) is 0 Å². The van der Waals surface area contributed by atoms with Crippen LogP contribution in [0, 0.1) is 0 Å². The van der Waals surface area contributed by atoms with Crippen molar-refractivity contribution >= 4 is 11.9 Å². The summed E-state index contributed by atoms with van der Waals surface area (Å²) in [5.74, 6) is -0.0183. The van der Waals surface area contributed by atoms with Crippen molar-refractivity contribution in [1.29, 1.82) is 0 Å². The fraction of sp³-hybridized carbons (Fsp3) is 0.942. The van der Waals surface area contributed by atoms with Gasteiger partial charge in [0.1, 0.15) is 0 Å². The Morgan fingerprint density at radius 2 is 0.627 bits per heavy atom. The van der Waals surface area contributed by atoms with E-state index in [4.69, 9.17) is 4.74 Å². The molecule has 2 atom stereocenters. The monoisotopic (exact) mass is 1060 g/mol. The van der Waals surface area contributed by atoms with Crippen molar-refractivity contribution in [3.8, 4) is 0 Å². The molecule has 0 aromatic heterocycles. The third-order valence-corrected chi connectivity index (χ3v) is 16.3. The molecule has 6 nitrogen and oxygen atoms in total. The second-order valence-corrected chi connectivity index (χ2v) is 23.9. The number of amides is 1. The van der Waals surface area contributed by atoms with Crippen LogP contribution in [0.4, 0.5) is 0 Å². The number of aliphatic hydroxyl groups excluding tert-OH is 2. The molecule has 0 aromatic rings. The number of rotatable bonds is 65. The molecule has 0 saturated carbocycles. The van der Waals surface area contributed by atoms with Gasteiger partial charge in [0, 0.05) is 12.8 Å². The Morgan fingerprint density at radius 3 is 0.947 bits per heavy atom. The summed E-state index contributed by atoms with van der Waals surface area (Å²) in [6.45, 7) is 4.99. The van der Waals surface area contributed by atoms with E-state index < -0.39 is 12.1 Å². The molecule has 0 rings (SSSR count). The fourth-order valence-corrected chi connectivity index (χ4v) is 11.1. The number of unbranched alkanes of at least 4 members (excludes halogenated alkanes) is 52. The molecule has 446 valence electrons. The Morgan fingerprint density at radius 1 is 0.360 bits per heavy atom. The number of allylic oxidation sites excluding steroid dienone is 2. The van der Waals surface area contributed by atoms with E-state index in [1.165, 1.54) is 321 Å². The van der Waals surface area contributed by atoms with Crippen LogP contribution in [0.25, 0.3) is 0 Å². The van der Waals surface area contributed by atoms with Crippen LogP contribution in [-0.2, 0) is 14.3 Å². The maximum Gasteiger partial charge on any atom is 0.305 e. The standard InChI is InChI=1S/C69H135NO5/c1-3-5-7-9-11-13-15-17-19-29-33-37-41-45-49-53-57-61-67(72)66(65-71)70-68(73)62-58-54-50-46-42-38-34-31-27-25-23-21-22-24-26-28-32-36-40-44-48-52-56-60-64-75-69(74)63-59-55-51-47-43-39-35-30-20-18-16-14-12-10-8-6-4-2/h23,25,66-67,71-72H,3-22,24,26-65H2,1-2H3,(H,70,73)/b25-23-. The molecule has 0 heterocycles. The average molecular weight is 1060 g/mol. The average Bonchev–Trinajstić information content (AvgIpc) is 3.41. The summed E-state index contributed by atoms with van der Waals surface area (Å²) in [5.41, 5.74) is 0. The van der Waals surface area contributed by atoms with Crippen molar-refractivity contribution in [3.05, 3.63) is 12.2 Å². The lowest BCUT2D eigenvalue weighted by Gasteiger charge is -2.22. The molecule has 0 saturated heterocycles. The molecule has 3 N–H and O–H groups in total. The third kappa shape index (κ3) is 61.7. The van der Waals surface area contributed by atoms with E-state index in [2.05, 4.69) is 31.3 Å². The summed E-state index contributed by atoms with van der Waals surface area (Å²) in [6, 6.07) is -0.544. The van der Waals surface area contributed by atoms with E-state index in [-0.39, 0.29) is 18.5 Å². The SMILES string of the molecule is CCCCCCCCCCCCCCCCCCCC(=O)OCCCCCCCCCCCCCC/C=C\CCCCCCCCCCC(=O)NC(CO)C(O)CCCCCCCCCCCCCCCCCCC. The van der Waals surface area contributed by atoms with Crippen LogP contribution in [0.1, 0.15) is 393 Å². The molecular weight excluding hydrogens is 923 g/mol. The summed E-state index contributed by atoms with van der Waals surface area (Å²) in [7, 11) is 0. The molecule has 0 fully saturated rings. The van der Waals surface area contributed by atoms with Crippen LogP contribution < -0.4 is 5.32 Å². The highest BCUT2D eigenvalue weighted by Crippen LogP contribution is 2.19. The number of carbonyl (C=O) groups excluding carboxylic acids is 2. The fourth-order valence-electron chi connectivity index (χ4n) is 11.1. The smallest absolute Gasteiger partial charge is 0.305 e. The van der Waals surface area contributed by atoms with Crippen LogP contribution >= 0.6 is 0 Å². The van der Waals surface area contributed by atoms with Gasteiger partial charge in [0.15, 0.2) is 0 Å². The minimum absolute atomic E-state index is 0.0175. The number of hydrogen-bond acceptors (Lipinski definition) is 5. The minimum Gasteiger partial charge on any atom is -0.466 e. The van der Waals surface area contributed by atoms with Gasteiger partial charge in [0.25, 0.3) is 0 Å². The second-order valence-electron chi connectivity index (χ2n) is 23.9. The summed E-state index contributed by atoms with van der Waals surface area (Å²) >= 11 is 0. The highest BCUT2D eigenvalue weighted by Gasteiger charge is 2.20. The van der Waals surface area contributed by atoms with Gasteiger partial charge in [-0.25, -0.2) is 0 Å². The number of carbonyl (C=O) groups is 2. The second kappa shape index (κ2) is 65.1. The summed E-state index contributed by atoms with van der Waals surface area (Å²) in [5, 5.41) is 23.4. The lowest BCUT2D eigenvalue weighted by molar-refractivity contribution is -0.143. The maximum absolute atomic E-state index is 12.5. The molecular formula is C69H135NO5. The van der Waals surface area contributed by atoms with E-state index in [1.807, 2.05) is 0 Å². The van der Waals surface area contributed by atoms with E-state index in [0.29, 0.717) is 25.9 Å². The maximum atomic E-state index is 12.5. The summed E-state index contributed by atoms with van der Waals surface area (Å²) in [4.78, 5) is 24.6. The van der Waals surface area contributed by atoms with Gasteiger partial charge in [0.05, 0.1) is 25.4 Å². The van der Waals surface area contributed by atoms with Gasteiger partial charge in [-0.2, -0.15) is 0 Å². The lowest BCUT2D eigenvalue weighted by atomic mass is 10.0. The van der Waals surface area contributed by atoms with Gasteiger partial charge in [-0.05, 0) is 51.4 Å². The summed E-state index contributed by atoms with van der Waals surface area (Å²) in [6.07, 6.45) is 79.6. The number of nitrogens with one attached hydrogen (secondary N) is 1. The predicted molar refractivity (Wildman–Crippen MR) is 329 cm³/mol. The van der Waals surface area contributed by atoms with Crippen molar-refractivity contribution in [2.24, 2.45) is 0 Å². The van der Waals surface area contributed by atoms with Crippen LogP contribution in [0.5, 0.6) is 0 Å². The normalized spacial score (nSPS) is 12.5. The highest BCUT2D eigenvalue weighted by atomic mass is 16.5. The van der Waals surface area contributed by atoms with Crippen LogP contribution in [-0.4, -0.2) is 47.4 Å². The van der Waals surface area contributed by atoms with E-state index >= 15 is 0 Å². The minimum atomic E-state index is -0.667. The molecule has 2 unspecified atom stereocenters. The first kappa shape index (κ1) is 73.6. The van der Waals surface area contributed by atoms with Crippen molar-refractivity contribution < 1.29 is 24.5 Å². The zero-order valence-electron chi connectivity index (χ0n) is 51.1. The topological polar surface area (TPSA) is 95.9 Å². The number of esters is 1. The van der Waals surface area contributed by atoms with E-state index in [9.17, 15) is 19.8 Å². The molecule has 6 heteroatoms. The molecule has 1 amide bonds. The first-order chi connectivity index (χ1) is 37.0. The Kier molecular flexibility index (Phi) is 63.9. The van der Waals surface area contributed by atoms with Gasteiger partial charge in [-0.3, -0.25) is 9.59 Å². The van der Waals surface area contributed by atoms with Crippen molar-refractivity contribution in [2.45, 2.75) is 405 Å². The van der Waals surface area contributed by atoms with Crippen molar-refractivity contribution in [2.75, 3.05) is 13.2 Å². The van der Waals surface area contributed by atoms with Crippen LogP contribution in [0.15, 0.2) is 12.2 Å². The number of hydrogen-bond donors (Lipinski definition) is 3. The summed E-state index contributed by atoms with van der Waals surface area (Å²) < 4.78 is 5.50. The molecule has 0 spiro atoms. The van der Waals surface area contributed by atoms with Gasteiger partial charge in [0.2, 0.25) is 5.91 Å². The molecule has 0 aliphatic carbocycles. The zero-order valence-corrected chi connectivity index (χ0v) is 51.1. The van der Waals surface area contributed by atoms with E-state index in [0.717, 1.165) is 38.5 Å². The van der Waals surface area contributed by atoms with Gasteiger partial charge < -0.3 is 20.3 Å². The molecule has 0 bridgehead atoms. The predicted octanol–water partition coefficient (Wildman–Crippen LogP) is 22.0. The molecule has 75 heavy (non-hydrogen) atoms. The molecule has 0 aliphatic rings. The van der Waals surface area contributed by atoms with Gasteiger partial charge in [-0.15, -0.1) is 0 Å². The van der Waals surface area contributed by atoms with Gasteiger partial charge in [-0.1, -0.05) is 341 Å². The third-order valence-electron chi connectivity index (χ3n) is 16.3. The molecule has 0 radical (unpaired) electrons. The lowest BCUT2D eigenvalue weighted by Crippen LogP contribution is -2.45. The van der Waals surface area contributed by atoms with Crippen molar-refractivity contribution in [3.63, 3.8) is 0 Å². The van der Waals surface area contributed by atoms with Crippen LogP contribution in [0.2, 0.25) is 0 Å². The molecule has 0 aromatic carbocycles. The van der Waals surface area contributed by atoms with Gasteiger partial charge >= 0.3 is 5.97 Å². The number of aliphatic hydroxyl groups is 2. The Labute approximate surface area is 469 Å². The van der Waals surface area contributed by atoms with Crippen molar-refractivity contribution in [1.82, 2.24) is 5.32 Å². The Bertz CT molecular complexity index is 1130. The largest absolute Gasteiger partial charge is 0.466 e. The molecule has 0 aliphatic heterocycles. The first-order valence-electron chi connectivity index (χ1n) is 34.4. The zero-order chi connectivity index (χ0) is 54.3. The van der Waals surface area contributed by atoms with Crippen LogP contribution in [0.3, 0.4) is 0 Å². The highest BCUT2D eigenvalue weighted by molar-refractivity contribution is 5.76. The quantitative estimate of drug-likeness (QED) is 0.0320. The Hall–Kier alpha value is -1.40. The Balaban J connectivity index is 3.38.